The zero-order chi connectivity index (χ0) is 14.8. The molecular weight excluding hydrogens is 268 g/mol. The largest absolute Gasteiger partial charge is 0.477 e. The summed E-state index contributed by atoms with van der Waals surface area (Å²) in [7, 11) is 0. The maximum Gasteiger partial charge on any atom is 0.354 e. The summed E-state index contributed by atoms with van der Waals surface area (Å²) in [5, 5.41) is 14.4. The van der Waals surface area contributed by atoms with Gasteiger partial charge in [-0.05, 0) is 31.2 Å². The average Bonchev–Trinajstić information content (AvgIpc) is 2.44. The van der Waals surface area contributed by atoms with Crippen LogP contribution in [0.5, 0.6) is 0 Å². The Morgan fingerprint density at radius 2 is 2.19 bits per heavy atom. The fourth-order valence-corrected chi connectivity index (χ4v) is 2.67. The van der Waals surface area contributed by atoms with E-state index in [-0.39, 0.29) is 5.69 Å². The minimum Gasteiger partial charge on any atom is -0.477 e. The number of hydrogen-bond donors (Lipinski definition) is 2. The van der Waals surface area contributed by atoms with Gasteiger partial charge in [0.15, 0.2) is 5.69 Å². The van der Waals surface area contributed by atoms with E-state index in [2.05, 4.69) is 10.3 Å². The van der Waals surface area contributed by atoms with Crippen molar-refractivity contribution in [2.45, 2.75) is 31.9 Å². The number of nitrogens with one attached hydrogen (secondary N) is 1. The van der Waals surface area contributed by atoms with Crippen LogP contribution in [0.15, 0.2) is 30.3 Å². The summed E-state index contributed by atoms with van der Waals surface area (Å²) in [6.45, 7) is 2.72. The van der Waals surface area contributed by atoms with Crippen molar-refractivity contribution in [3.63, 3.8) is 0 Å². The smallest absolute Gasteiger partial charge is 0.354 e. The van der Waals surface area contributed by atoms with Crippen LogP contribution in [-0.2, 0) is 4.74 Å². The van der Waals surface area contributed by atoms with E-state index in [1.807, 2.05) is 31.2 Å². The molecule has 0 spiro atoms. The number of anilines is 1. The molecule has 1 aromatic heterocycles. The molecule has 110 valence electrons. The molecule has 0 aliphatic heterocycles. The number of ether oxygens (including phenoxy) is 1. The highest BCUT2D eigenvalue weighted by Crippen LogP contribution is 2.29. The Kier molecular flexibility index (Phi) is 3.75. The Morgan fingerprint density at radius 3 is 2.90 bits per heavy atom. The Balaban J connectivity index is 1.85. The highest BCUT2D eigenvalue weighted by atomic mass is 16.5. The fraction of sp³-hybridized carbons (Fsp3) is 0.375. The molecule has 1 heterocycles. The Labute approximate surface area is 123 Å². The van der Waals surface area contributed by atoms with Crippen LogP contribution in [0.25, 0.3) is 10.8 Å². The minimum absolute atomic E-state index is 0.0666. The van der Waals surface area contributed by atoms with Crippen molar-refractivity contribution in [1.82, 2.24) is 4.98 Å². The predicted molar refractivity (Wildman–Crippen MR) is 80.8 cm³/mol. The molecule has 0 radical (unpaired) electrons. The lowest BCUT2D eigenvalue weighted by molar-refractivity contribution is 0.00294. The predicted octanol–water partition coefficient (Wildman–Crippen LogP) is 2.91. The van der Waals surface area contributed by atoms with Crippen molar-refractivity contribution in [3.8, 4) is 0 Å². The van der Waals surface area contributed by atoms with Gasteiger partial charge in [0, 0.05) is 18.0 Å². The first-order valence-electron chi connectivity index (χ1n) is 7.18. The van der Waals surface area contributed by atoms with Gasteiger partial charge in [-0.15, -0.1) is 0 Å². The van der Waals surface area contributed by atoms with Gasteiger partial charge in [-0.1, -0.05) is 24.3 Å². The molecule has 0 atom stereocenters. The van der Waals surface area contributed by atoms with Gasteiger partial charge in [0.2, 0.25) is 0 Å². The second kappa shape index (κ2) is 5.69. The normalized spacial score (nSPS) is 21.0. The summed E-state index contributed by atoms with van der Waals surface area (Å²) in [5.74, 6) is -0.366. The van der Waals surface area contributed by atoms with Crippen LogP contribution in [-0.4, -0.2) is 34.8 Å². The maximum atomic E-state index is 11.2. The van der Waals surface area contributed by atoms with E-state index >= 15 is 0 Å². The summed E-state index contributed by atoms with van der Waals surface area (Å²) >= 11 is 0. The van der Waals surface area contributed by atoms with Gasteiger partial charge in [-0.3, -0.25) is 0 Å². The molecule has 1 saturated carbocycles. The van der Waals surface area contributed by atoms with Crippen molar-refractivity contribution in [2.24, 2.45) is 0 Å². The zero-order valence-electron chi connectivity index (χ0n) is 11.9. The first-order chi connectivity index (χ1) is 10.2. The number of hydrogen-bond acceptors (Lipinski definition) is 4. The summed E-state index contributed by atoms with van der Waals surface area (Å²) < 4.78 is 5.54. The van der Waals surface area contributed by atoms with E-state index in [4.69, 9.17) is 4.74 Å². The molecule has 5 nitrogen and oxygen atoms in total. The number of carboxylic acid groups (broad SMARTS) is 1. The molecular formula is C16H18N2O3. The van der Waals surface area contributed by atoms with Crippen molar-refractivity contribution >= 4 is 22.6 Å². The first kappa shape index (κ1) is 13.8. The van der Waals surface area contributed by atoms with Crippen molar-refractivity contribution in [1.29, 1.82) is 0 Å². The minimum atomic E-state index is -1.01. The SMILES string of the molecule is CCOC1CC(Nc2nc(C(=O)O)cc3ccccc23)C1. The summed E-state index contributed by atoms with van der Waals surface area (Å²) in [6.07, 6.45) is 2.17. The highest BCUT2D eigenvalue weighted by Gasteiger charge is 2.30. The van der Waals surface area contributed by atoms with Gasteiger partial charge in [0.05, 0.1) is 6.10 Å². The van der Waals surface area contributed by atoms with Gasteiger partial charge in [0.1, 0.15) is 5.82 Å². The van der Waals surface area contributed by atoms with E-state index in [9.17, 15) is 9.90 Å². The van der Waals surface area contributed by atoms with E-state index in [0.717, 1.165) is 30.2 Å². The number of rotatable bonds is 5. The van der Waals surface area contributed by atoms with E-state index < -0.39 is 5.97 Å². The van der Waals surface area contributed by atoms with Gasteiger partial charge >= 0.3 is 5.97 Å². The van der Waals surface area contributed by atoms with Crippen LogP contribution in [0.4, 0.5) is 5.82 Å². The number of carbonyl (C=O) groups is 1. The molecule has 21 heavy (non-hydrogen) atoms. The van der Waals surface area contributed by atoms with Gasteiger partial charge in [0.25, 0.3) is 0 Å². The maximum absolute atomic E-state index is 11.2. The zero-order valence-corrected chi connectivity index (χ0v) is 11.9. The quantitative estimate of drug-likeness (QED) is 0.884. The lowest BCUT2D eigenvalue weighted by atomic mass is 9.89. The van der Waals surface area contributed by atoms with Crippen LogP contribution < -0.4 is 5.32 Å². The highest BCUT2D eigenvalue weighted by molar-refractivity contribution is 5.97. The number of carboxylic acids is 1. The Morgan fingerprint density at radius 1 is 1.43 bits per heavy atom. The van der Waals surface area contributed by atoms with E-state index in [1.165, 1.54) is 0 Å². The lowest BCUT2D eigenvalue weighted by Gasteiger charge is -2.35. The second-order valence-corrected chi connectivity index (χ2v) is 5.27. The third-order valence-electron chi connectivity index (χ3n) is 3.80. The summed E-state index contributed by atoms with van der Waals surface area (Å²) in [5.41, 5.74) is 0.0666. The summed E-state index contributed by atoms with van der Waals surface area (Å²) in [4.78, 5) is 15.4. The second-order valence-electron chi connectivity index (χ2n) is 5.27. The molecule has 5 heteroatoms. The molecule has 0 unspecified atom stereocenters. The number of benzene rings is 1. The van der Waals surface area contributed by atoms with Crippen LogP contribution in [0.2, 0.25) is 0 Å². The molecule has 0 amide bonds. The summed E-state index contributed by atoms with van der Waals surface area (Å²) in [6, 6.07) is 9.58. The third kappa shape index (κ3) is 2.83. The van der Waals surface area contributed by atoms with Gasteiger partial charge in [-0.2, -0.15) is 0 Å². The van der Waals surface area contributed by atoms with Crippen molar-refractivity contribution in [3.05, 3.63) is 36.0 Å². The van der Waals surface area contributed by atoms with Crippen molar-refractivity contribution < 1.29 is 14.6 Å². The van der Waals surface area contributed by atoms with Gasteiger partial charge < -0.3 is 15.2 Å². The molecule has 1 aromatic carbocycles. The van der Waals surface area contributed by atoms with E-state index in [1.54, 1.807) is 6.07 Å². The van der Waals surface area contributed by atoms with Crippen LogP contribution in [0, 0.1) is 0 Å². The van der Waals surface area contributed by atoms with Crippen LogP contribution in [0.1, 0.15) is 30.3 Å². The van der Waals surface area contributed by atoms with Gasteiger partial charge in [-0.25, -0.2) is 9.78 Å². The fourth-order valence-electron chi connectivity index (χ4n) is 2.67. The molecule has 2 N–H and O–H groups in total. The number of pyridine rings is 1. The monoisotopic (exact) mass is 286 g/mol. The molecule has 1 aliphatic rings. The average molecular weight is 286 g/mol. The molecule has 2 aromatic rings. The molecule has 1 aliphatic carbocycles. The number of nitrogens with zero attached hydrogens (tertiary/aromatic N) is 1. The molecule has 0 bridgehead atoms. The molecule has 3 rings (SSSR count). The van der Waals surface area contributed by atoms with E-state index in [0.29, 0.717) is 18.0 Å². The molecule has 0 saturated heterocycles. The standard InChI is InChI=1S/C16H18N2O3/c1-2-21-12-8-11(9-12)17-15-13-6-4-3-5-10(13)7-14(18-15)16(19)20/h3-7,11-12H,2,8-9H2,1H3,(H,17,18)(H,19,20). The Bertz CT molecular complexity index is 666. The Hall–Kier alpha value is -2.14. The lowest BCUT2D eigenvalue weighted by Crippen LogP contribution is -2.41. The molecule has 1 fully saturated rings. The van der Waals surface area contributed by atoms with Crippen molar-refractivity contribution in [2.75, 3.05) is 11.9 Å². The number of fused-ring (bicyclic) bond motifs is 1. The number of aromatic carboxylic acids is 1. The van der Waals surface area contributed by atoms with Crippen LogP contribution >= 0.6 is 0 Å². The first-order valence-corrected chi connectivity index (χ1v) is 7.18. The topological polar surface area (TPSA) is 71.5 Å². The number of aromatic nitrogens is 1. The third-order valence-corrected chi connectivity index (χ3v) is 3.80. The van der Waals surface area contributed by atoms with Crippen LogP contribution in [0.3, 0.4) is 0 Å².